The minimum Gasteiger partial charge on any atom is -0.495 e. The number of amidine groups is 1. The average Bonchev–Trinajstić information content (AvgIpc) is 3.45. The normalized spacial score (nSPS) is 25.3. The van der Waals surface area contributed by atoms with Gasteiger partial charge in [0.1, 0.15) is 17.8 Å². The Hall–Kier alpha value is -3.88. The topological polar surface area (TPSA) is 84.5 Å². The minimum absolute atomic E-state index is 0.249. The molecule has 2 aliphatic heterocycles. The van der Waals surface area contributed by atoms with E-state index >= 15 is 0 Å². The summed E-state index contributed by atoms with van der Waals surface area (Å²) in [7, 11) is 1.65. The third kappa shape index (κ3) is 3.76. The molecule has 1 N–H and O–H groups in total. The number of nitrogens with zero attached hydrogens (tertiary/aromatic N) is 5. The van der Waals surface area contributed by atoms with Crippen LogP contribution in [0.5, 0.6) is 5.75 Å². The highest BCUT2D eigenvalue weighted by molar-refractivity contribution is 6.05. The fourth-order valence-electron chi connectivity index (χ4n) is 4.76. The molecule has 2 atom stereocenters. The molecule has 176 valence electrons. The summed E-state index contributed by atoms with van der Waals surface area (Å²) < 4.78 is 21.2. The maximum atomic E-state index is 13.6. The van der Waals surface area contributed by atoms with E-state index in [2.05, 4.69) is 21.4 Å². The Balaban J connectivity index is 1.46. The Bertz CT molecular complexity index is 1240. The molecule has 1 unspecified atom stereocenters. The van der Waals surface area contributed by atoms with Crippen LogP contribution in [0, 0.1) is 12.8 Å². The number of allylic oxidation sites excluding steroid dienone is 3. The molecule has 5 rings (SSSR count). The van der Waals surface area contributed by atoms with Gasteiger partial charge in [0.25, 0.3) is 5.72 Å². The summed E-state index contributed by atoms with van der Waals surface area (Å²) in [5.41, 5.74) is 2.70. The molecule has 0 radical (unpaired) electrons. The molecule has 9 heteroatoms. The lowest BCUT2D eigenvalue weighted by atomic mass is 9.86. The highest BCUT2D eigenvalue weighted by atomic mass is 19.1. The van der Waals surface area contributed by atoms with Gasteiger partial charge in [0.15, 0.2) is 5.84 Å². The first-order valence-corrected chi connectivity index (χ1v) is 11.2. The van der Waals surface area contributed by atoms with Crippen LogP contribution in [-0.2, 0) is 4.84 Å². The number of piperidine rings is 1. The lowest BCUT2D eigenvalue weighted by Crippen LogP contribution is -2.56. The van der Waals surface area contributed by atoms with E-state index in [1.807, 2.05) is 40.8 Å². The molecule has 1 aromatic carbocycles. The smallest absolute Gasteiger partial charge is 0.257 e. The van der Waals surface area contributed by atoms with Gasteiger partial charge in [-0.2, -0.15) is 0 Å². The monoisotopic (exact) mass is 463 g/mol. The SMILES string of the molecule is COc1cc(/C=C2\CCCN3C2=NO[C@]3(/C=N/O)C2C=CC(F)=CC2)ccc1-n1cnc(C)c1. The zero-order valence-electron chi connectivity index (χ0n) is 19.1. The number of hydrogen-bond acceptors (Lipinski definition) is 7. The Morgan fingerprint density at radius 3 is 2.97 bits per heavy atom. The van der Waals surface area contributed by atoms with Gasteiger partial charge in [0, 0.05) is 18.7 Å². The molecule has 1 aromatic heterocycles. The number of fused-ring (bicyclic) bond motifs is 1. The van der Waals surface area contributed by atoms with Crippen molar-refractivity contribution in [2.45, 2.75) is 31.9 Å². The summed E-state index contributed by atoms with van der Waals surface area (Å²) in [5, 5.41) is 17.1. The summed E-state index contributed by atoms with van der Waals surface area (Å²) in [6.07, 6.45) is 13.9. The average molecular weight is 464 g/mol. The lowest BCUT2D eigenvalue weighted by molar-refractivity contribution is -0.0694. The molecule has 8 nitrogen and oxygen atoms in total. The maximum absolute atomic E-state index is 13.6. The number of methoxy groups -OCH3 is 1. The van der Waals surface area contributed by atoms with Gasteiger partial charge >= 0.3 is 0 Å². The molecule has 2 aromatic rings. The minimum atomic E-state index is -1.10. The summed E-state index contributed by atoms with van der Waals surface area (Å²) in [6.45, 7) is 2.62. The maximum Gasteiger partial charge on any atom is 0.257 e. The highest BCUT2D eigenvalue weighted by Gasteiger charge is 2.52. The van der Waals surface area contributed by atoms with Crippen LogP contribution in [0.1, 0.15) is 30.5 Å². The van der Waals surface area contributed by atoms with Crippen molar-refractivity contribution in [1.29, 1.82) is 0 Å². The van der Waals surface area contributed by atoms with Gasteiger partial charge in [0.2, 0.25) is 0 Å². The Kier molecular flexibility index (Phi) is 5.69. The van der Waals surface area contributed by atoms with E-state index in [-0.39, 0.29) is 11.7 Å². The number of rotatable bonds is 5. The first-order chi connectivity index (χ1) is 16.5. The highest BCUT2D eigenvalue weighted by Crippen LogP contribution is 2.41. The molecule has 1 fully saturated rings. The predicted molar refractivity (Wildman–Crippen MR) is 127 cm³/mol. The summed E-state index contributed by atoms with van der Waals surface area (Å²) >= 11 is 0. The fourth-order valence-corrected chi connectivity index (χ4v) is 4.76. The first-order valence-electron chi connectivity index (χ1n) is 11.2. The van der Waals surface area contributed by atoms with Crippen LogP contribution in [0.4, 0.5) is 4.39 Å². The molecule has 0 bridgehead atoms. The van der Waals surface area contributed by atoms with E-state index < -0.39 is 5.72 Å². The zero-order chi connectivity index (χ0) is 23.7. The Labute approximate surface area is 197 Å². The molecule has 1 saturated heterocycles. The predicted octanol–water partition coefficient (Wildman–Crippen LogP) is 4.60. The van der Waals surface area contributed by atoms with Crippen LogP contribution in [-0.4, -0.2) is 51.1 Å². The fraction of sp³-hybridized carbons (Fsp3) is 0.320. The van der Waals surface area contributed by atoms with Crippen molar-refractivity contribution in [3.05, 3.63) is 71.6 Å². The van der Waals surface area contributed by atoms with Crippen molar-refractivity contribution in [3.63, 3.8) is 0 Å². The quantitative estimate of drug-likeness (QED) is 0.398. The number of benzene rings is 1. The second-order valence-corrected chi connectivity index (χ2v) is 8.57. The van der Waals surface area contributed by atoms with E-state index in [1.165, 1.54) is 18.4 Å². The third-order valence-corrected chi connectivity index (χ3v) is 6.43. The van der Waals surface area contributed by atoms with Crippen LogP contribution in [0.3, 0.4) is 0 Å². The van der Waals surface area contributed by atoms with Gasteiger partial charge in [-0.25, -0.2) is 9.37 Å². The van der Waals surface area contributed by atoms with Crippen molar-refractivity contribution >= 4 is 18.1 Å². The number of halogens is 1. The largest absolute Gasteiger partial charge is 0.495 e. The summed E-state index contributed by atoms with van der Waals surface area (Å²) in [6, 6.07) is 6.00. The van der Waals surface area contributed by atoms with Crippen LogP contribution >= 0.6 is 0 Å². The number of aromatic nitrogens is 2. The van der Waals surface area contributed by atoms with Crippen molar-refractivity contribution in [1.82, 2.24) is 14.5 Å². The number of ether oxygens (including phenoxy) is 1. The third-order valence-electron chi connectivity index (χ3n) is 6.43. The molecule has 0 amide bonds. The molecular weight excluding hydrogens is 437 g/mol. The molecule has 0 saturated carbocycles. The van der Waals surface area contributed by atoms with Gasteiger partial charge in [-0.15, -0.1) is 0 Å². The molecule has 3 aliphatic rings. The van der Waals surface area contributed by atoms with Gasteiger partial charge in [-0.3, -0.25) is 0 Å². The van der Waals surface area contributed by atoms with E-state index in [9.17, 15) is 9.60 Å². The van der Waals surface area contributed by atoms with Gasteiger partial charge < -0.3 is 24.2 Å². The molecule has 0 spiro atoms. The van der Waals surface area contributed by atoms with Gasteiger partial charge in [-0.1, -0.05) is 22.5 Å². The second-order valence-electron chi connectivity index (χ2n) is 8.57. The lowest BCUT2D eigenvalue weighted by Gasteiger charge is -2.41. The summed E-state index contributed by atoms with van der Waals surface area (Å²) in [5.74, 6) is 0.894. The number of aryl methyl sites for hydroxylation is 1. The van der Waals surface area contributed by atoms with E-state index in [4.69, 9.17) is 9.57 Å². The van der Waals surface area contributed by atoms with Crippen LogP contribution in [0.15, 0.2) is 70.7 Å². The van der Waals surface area contributed by atoms with Gasteiger partial charge in [-0.05, 0) is 67.7 Å². The van der Waals surface area contributed by atoms with Crippen molar-refractivity contribution in [2.24, 2.45) is 16.2 Å². The molecule has 34 heavy (non-hydrogen) atoms. The van der Waals surface area contributed by atoms with Gasteiger partial charge in [0.05, 0.1) is 24.8 Å². The summed E-state index contributed by atoms with van der Waals surface area (Å²) in [4.78, 5) is 12.2. The van der Waals surface area contributed by atoms with Crippen molar-refractivity contribution in [3.8, 4) is 11.4 Å². The number of hydrogen-bond donors (Lipinski definition) is 1. The van der Waals surface area contributed by atoms with Crippen molar-refractivity contribution < 1.29 is 19.2 Å². The van der Waals surface area contributed by atoms with Crippen LogP contribution in [0.2, 0.25) is 0 Å². The van der Waals surface area contributed by atoms with E-state index in [0.717, 1.165) is 41.1 Å². The molecule has 3 heterocycles. The Morgan fingerprint density at radius 2 is 2.26 bits per heavy atom. The molecular formula is C25H26FN5O3. The first kappa shape index (κ1) is 21.9. The number of oxime groups is 2. The zero-order valence-corrected chi connectivity index (χ0v) is 19.1. The molecule has 1 aliphatic carbocycles. The van der Waals surface area contributed by atoms with Crippen LogP contribution < -0.4 is 4.74 Å². The van der Waals surface area contributed by atoms with Crippen LogP contribution in [0.25, 0.3) is 11.8 Å². The van der Waals surface area contributed by atoms with E-state index in [0.29, 0.717) is 18.8 Å². The second kappa shape index (κ2) is 8.81. The Morgan fingerprint density at radius 1 is 1.38 bits per heavy atom. The number of imidazole rings is 1. The van der Waals surface area contributed by atoms with Crippen molar-refractivity contribution in [2.75, 3.05) is 13.7 Å². The van der Waals surface area contributed by atoms with E-state index in [1.54, 1.807) is 19.5 Å². The standard InChI is InChI=1S/C25H26FN5O3/c1-17-14-30(16-27-17)22-10-5-18(13-23(22)33-2)12-19-4-3-11-31-24(19)29-34-25(31,15-28-32)20-6-8-21(26)9-7-20/h5-6,8-10,12-16,20,32H,3-4,7,11H2,1-2H3/b19-12+,28-15+/t20?,25-/m1/s1.